The van der Waals surface area contributed by atoms with Crippen molar-refractivity contribution in [3.05, 3.63) is 0 Å². The van der Waals surface area contributed by atoms with Gasteiger partial charge in [0, 0.05) is 19.8 Å². The summed E-state index contributed by atoms with van der Waals surface area (Å²) < 4.78 is 11.6. The predicted molar refractivity (Wildman–Crippen MR) is 66.5 cm³/mol. The lowest BCUT2D eigenvalue weighted by molar-refractivity contribution is 0.182. The zero-order valence-corrected chi connectivity index (χ0v) is 11.5. The molecule has 0 bridgehead atoms. The van der Waals surface area contributed by atoms with Crippen molar-refractivity contribution in [3.8, 4) is 0 Å². The molecular formula is C10H24N2O3Si. The van der Waals surface area contributed by atoms with E-state index in [1.54, 1.807) is 0 Å². The molecule has 0 rings (SSSR count). The summed E-state index contributed by atoms with van der Waals surface area (Å²) in [6.45, 7) is 8.02. The van der Waals surface area contributed by atoms with Gasteiger partial charge in [-0.1, -0.05) is 6.92 Å². The van der Waals surface area contributed by atoms with Crippen LogP contribution in [0.2, 0.25) is 12.1 Å². The lowest BCUT2D eigenvalue weighted by Crippen LogP contribution is -2.42. The second-order valence-electron chi connectivity index (χ2n) is 3.52. The van der Waals surface area contributed by atoms with Gasteiger partial charge in [0.05, 0.1) is 0 Å². The maximum atomic E-state index is 10.5. The van der Waals surface area contributed by atoms with Crippen molar-refractivity contribution in [1.82, 2.24) is 5.32 Å². The van der Waals surface area contributed by atoms with E-state index < -0.39 is 14.6 Å². The molecule has 0 heterocycles. The fourth-order valence-electron chi connectivity index (χ4n) is 1.66. The molecule has 0 radical (unpaired) electrons. The Balaban J connectivity index is 4.03. The lowest BCUT2D eigenvalue weighted by atomic mass is 10.5. The SMILES string of the molecule is CCO[Si](CC)(CCCNC(N)=O)OCC. The first-order valence-electron chi connectivity index (χ1n) is 5.91. The highest BCUT2D eigenvalue weighted by Crippen LogP contribution is 2.20. The topological polar surface area (TPSA) is 73.6 Å². The van der Waals surface area contributed by atoms with Crippen molar-refractivity contribution in [2.45, 2.75) is 39.3 Å². The summed E-state index contributed by atoms with van der Waals surface area (Å²) in [7, 11) is -2.03. The van der Waals surface area contributed by atoms with E-state index in [0.717, 1.165) is 18.5 Å². The Morgan fingerprint density at radius 2 is 1.81 bits per heavy atom. The van der Waals surface area contributed by atoms with Gasteiger partial charge in [-0.05, 0) is 32.4 Å². The summed E-state index contributed by atoms with van der Waals surface area (Å²) >= 11 is 0. The lowest BCUT2D eigenvalue weighted by Gasteiger charge is -2.28. The Bertz CT molecular complexity index is 197. The van der Waals surface area contributed by atoms with Gasteiger partial charge < -0.3 is 19.9 Å². The Morgan fingerprint density at radius 1 is 1.25 bits per heavy atom. The monoisotopic (exact) mass is 248 g/mol. The van der Waals surface area contributed by atoms with Crippen molar-refractivity contribution >= 4 is 14.6 Å². The van der Waals surface area contributed by atoms with Gasteiger partial charge in [-0.15, -0.1) is 0 Å². The molecule has 0 saturated heterocycles. The van der Waals surface area contributed by atoms with Crippen LogP contribution in [0.3, 0.4) is 0 Å². The van der Waals surface area contributed by atoms with Crippen LogP contribution in [-0.4, -0.2) is 34.4 Å². The molecule has 0 aliphatic heterocycles. The largest absolute Gasteiger partial charge is 0.394 e. The number of urea groups is 1. The normalized spacial score (nSPS) is 11.4. The highest BCUT2D eigenvalue weighted by atomic mass is 28.4. The highest BCUT2D eigenvalue weighted by molar-refractivity contribution is 6.67. The molecule has 0 atom stereocenters. The Labute approximate surface area is 98.9 Å². The number of nitrogens with two attached hydrogens (primary N) is 1. The van der Waals surface area contributed by atoms with Crippen LogP contribution < -0.4 is 11.1 Å². The number of carbonyl (C=O) groups excluding carboxylic acids is 1. The van der Waals surface area contributed by atoms with Gasteiger partial charge in [-0.2, -0.15) is 0 Å². The number of amides is 2. The molecule has 0 unspecified atom stereocenters. The van der Waals surface area contributed by atoms with Crippen molar-refractivity contribution in [1.29, 1.82) is 0 Å². The van der Waals surface area contributed by atoms with Crippen LogP contribution in [0.5, 0.6) is 0 Å². The van der Waals surface area contributed by atoms with E-state index in [4.69, 9.17) is 14.6 Å². The molecular weight excluding hydrogens is 224 g/mol. The molecule has 0 aliphatic rings. The van der Waals surface area contributed by atoms with Gasteiger partial charge in [0.2, 0.25) is 0 Å². The third-order valence-electron chi connectivity index (χ3n) is 2.39. The molecule has 2 amide bonds. The van der Waals surface area contributed by atoms with Crippen molar-refractivity contribution in [2.24, 2.45) is 5.73 Å². The number of primary amides is 1. The molecule has 5 nitrogen and oxygen atoms in total. The molecule has 0 aromatic heterocycles. The average Bonchev–Trinajstić information content (AvgIpc) is 2.24. The molecule has 0 aromatic rings. The molecule has 0 aliphatic carbocycles. The van der Waals surface area contributed by atoms with Gasteiger partial charge in [0.25, 0.3) is 0 Å². The predicted octanol–water partition coefficient (Wildman–Crippen LogP) is 1.58. The molecule has 0 saturated carbocycles. The van der Waals surface area contributed by atoms with E-state index in [1.165, 1.54) is 0 Å². The Morgan fingerprint density at radius 3 is 2.19 bits per heavy atom. The van der Waals surface area contributed by atoms with E-state index >= 15 is 0 Å². The maximum Gasteiger partial charge on any atom is 0.337 e. The van der Waals surface area contributed by atoms with E-state index in [-0.39, 0.29) is 0 Å². The summed E-state index contributed by atoms with van der Waals surface area (Å²) in [5, 5.41) is 2.58. The number of nitrogens with one attached hydrogen (secondary N) is 1. The van der Waals surface area contributed by atoms with E-state index in [0.29, 0.717) is 19.8 Å². The van der Waals surface area contributed by atoms with Crippen LogP contribution in [0.1, 0.15) is 27.2 Å². The summed E-state index contributed by atoms with van der Waals surface area (Å²) in [6, 6.07) is 1.35. The third-order valence-corrected chi connectivity index (χ3v) is 6.21. The molecule has 6 heteroatoms. The highest BCUT2D eigenvalue weighted by Gasteiger charge is 2.34. The van der Waals surface area contributed by atoms with Gasteiger partial charge >= 0.3 is 14.6 Å². The first kappa shape index (κ1) is 15.4. The standard InChI is InChI=1S/C10H24N2O3Si/c1-4-14-16(6-3,15-5-2)9-7-8-12-10(11)13/h4-9H2,1-3H3,(H3,11,12,13). The average molecular weight is 248 g/mol. The zero-order valence-electron chi connectivity index (χ0n) is 10.5. The van der Waals surface area contributed by atoms with Crippen LogP contribution >= 0.6 is 0 Å². The van der Waals surface area contributed by atoms with Crippen molar-refractivity contribution in [3.63, 3.8) is 0 Å². The summed E-state index contributed by atoms with van der Waals surface area (Å²) in [6.07, 6.45) is 0.850. The minimum Gasteiger partial charge on any atom is -0.394 e. The third kappa shape index (κ3) is 6.09. The number of hydrogen-bond acceptors (Lipinski definition) is 3. The molecule has 16 heavy (non-hydrogen) atoms. The van der Waals surface area contributed by atoms with Gasteiger partial charge in [0.15, 0.2) is 0 Å². The fourth-order valence-corrected chi connectivity index (χ4v) is 4.56. The number of carbonyl (C=O) groups is 1. The van der Waals surface area contributed by atoms with Crippen molar-refractivity contribution < 1.29 is 13.6 Å². The van der Waals surface area contributed by atoms with Crippen LogP contribution in [0.15, 0.2) is 0 Å². The second-order valence-corrected chi connectivity index (χ2v) is 7.13. The minimum atomic E-state index is -2.03. The minimum absolute atomic E-state index is 0.475. The Kier molecular flexibility index (Phi) is 8.23. The van der Waals surface area contributed by atoms with Crippen LogP contribution in [-0.2, 0) is 8.85 Å². The Hall–Kier alpha value is -0.593. The molecule has 0 aromatic carbocycles. The summed E-state index contributed by atoms with van der Waals surface area (Å²) in [4.78, 5) is 10.5. The summed E-state index contributed by atoms with van der Waals surface area (Å²) in [5.74, 6) is 0. The van der Waals surface area contributed by atoms with Crippen LogP contribution in [0.4, 0.5) is 4.79 Å². The van der Waals surface area contributed by atoms with Crippen LogP contribution in [0, 0.1) is 0 Å². The van der Waals surface area contributed by atoms with Gasteiger partial charge in [0.1, 0.15) is 0 Å². The smallest absolute Gasteiger partial charge is 0.337 e. The molecule has 0 spiro atoms. The quantitative estimate of drug-likeness (QED) is 0.480. The second kappa shape index (κ2) is 8.55. The fraction of sp³-hybridized carbons (Fsp3) is 0.900. The molecule has 0 fully saturated rings. The maximum absolute atomic E-state index is 10.5. The summed E-state index contributed by atoms with van der Waals surface area (Å²) in [5.41, 5.74) is 4.99. The first-order chi connectivity index (χ1) is 7.60. The number of rotatable bonds is 9. The molecule has 96 valence electrons. The van der Waals surface area contributed by atoms with E-state index in [2.05, 4.69) is 12.2 Å². The number of hydrogen-bond donors (Lipinski definition) is 2. The van der Waals surface area contributed by atoms with E-state index in [9.17, 15) is 4.79 Å². The van der Waals surface area contributed by atoms with Gasteiger partial charge in [-0.25, -0.2) is 4.79 Å². The first-order valence-corrected chi connectivity index (χ1v) is 8.14. The van der Waals surface area contributed by atoms with Gasteiger partial charge in [-0.3, -0.25) is 0 Å². The van der Waals surface area contributed by atoms with Crippen molar-refractivity contribution in [2.75, 3.05) is 19.8 Å². The van der Waals surface area contributed by atoms with E-state index in [1.807, 2.05) is 13.8 Å². The van der Waals surface area contributed by atoms with Crippen LogP contribution in [0.25, 0.3) is 0 Å². The molecule has 3 N–H and O–H groups in total. The zero-order chi connectivity index (χ0) is 12.4.